The van der Waals surface area contributed by atoms with E-state index in [1.54, 1.807) is 0 Å². The molecular formula is C17H23F6IO3. The second-order valence-electron chi connectivity index (χ2n) is 7.80. The van der Waals surface area contributed by atoms with Gasteiger partial charge >= 0.3 is 12.4 Å². The molecule has 0 aromatic heterocycles. The summed E-state index contributed by atoms with van der Waals surface area (Å²) in [6, 6.07) is 0. The first-order valence-electron chi connectivity index (χ1n) is 9.04. The topological polar surface area (TPSA) is 27.7 Å². The van der Waals surface area contributed by atoms with Crippen LogP contribution in [0.5, 0.6) is 0 Å². The van der Waals surface area contributed by atoms with Gasteiger partial charge in [0.2, 0.25) is 0 Å². The van der Waals surface area contributed by atoms with Gasteiger partial charge in [0.05, 0.1) is 12.2 Å². The summed E-state index contributed by atoms with van der Waals surface area (Å²) in [5.41, 5.74) is -0.858. The van der Waals surface area contributed by atoms with E-state index in [2.05, 4.69) is 22.6 Å². The van der Waals surface area contributed by atoms with Crippen molar-refractivity contribution >= 4 is 22.6 Å². The van der Waals surface area contributed by atoms with Gasteiger partial charge in [0.25, 0.3) is 6.10 Å². The average molecular weight is 516 g/mol. The number of hydrogen-bond acceptors (Lipinski definition) is 3. The molecule has 0 N–H and O–H groups in total. The summed E-state index contributed by atoms with van der Waals surface area (Å²) < 4.78 is 95.5. The number of alkyl halides is 7. The van der Waals surface area contributed by atoms with Crippen LogP contribution in [0.3, 0.4) is 0 Å². The summed E-state index contributed by atoms with van der Waals surface area (Å²) in [6.45, 7) is 1.81. The van der Waals surface area contributed by atoms with Crippen LogP contribution in [0.2, 0.25) is 0 Å². The molecule has 27 heavy (non-hydrogen) atoms. The van der Waals surface area contributed by atoms with Crippen LogP contribution in [0, 0.1) is 11.3 Å². The Morgan fingerprint density at radius 2 is 1.67 bits per heavy atom. The van der Waals surface area contributed by atoms with Crippen molar-refractivity contribution in [2.75, 3.05) is 7.11 Å². The van der Waals surface area contributed by atoms with Crippen molar-refractivity contribution in [3.05, 3.63) is 0 Å². The molecule has 6 atom stereocenters. The van der Waals surface area contributed by atoms with E-state index < -0.39 is 35.8 Å². The quantitative estimate of drug-likeness (QED) is 0.285. The largest absolute Gasteiger partial charge is 0.423 e. The third kappa shape index (κ3) is 3.50. The molecule has 1 aliphatic heterocycles. The zero-order valence-electron chi connectivity index (χ0n) is 15.0. The molecule has 0 radical (unpaired) electrons. The van der Waals surface area contributed by atoms with E-state index in [9.17, 15) is 26.3 Å². The summed E-state index contributed by atoms with van der Waals surface area (Å²) in [4.78, 5) is 0. The van der Waals surface area contributed by atoms with E-state index in [1.165, 1.54) is 7.11 Å². The maximum atomic E-state index is 13.2. The molecule has 1 spiro atoms. The van der Waals surface area contributed by atoms with Crippen molar-refractivity contribution < 1.29 is 40.6 Å². The molecular weight excluding hydrogens is 493 g/mol. The van der Waals surface area contributed by atoms with Gasteiger partial charge < -0.3 is 14.2 Å². The third-order valence-electron chi connectivity index (χ3n) is 6.43. The Morgan fingerprint density at radius 3 is 2.11 bits per heavy atom. The minimum Gasteiger partial charge on any atom is -0.378 e. The molecule has 0 amide bonds. The van der Waals surface area contributed by atoms with Gasteiger partial charge in [0.15, 0.2) is 5.79 Å². The highest BCUT2D eigenvalue weighted by Gasteiger charge is 2.74. The van der Waals surface area contributed by atoms with Crippen molar-refractivity contribution in [2.45, 2.75) is 85.8 Å². The first-order valence-corrected chi connectivity index (χ1v) is 10.3. The third-order valence-corrected chi connectivity index (χ3v) is 7.14. The van der Waals surface area contributed by atoms with Crippen molar-refractivity contribution in [1.29, 1.82) is 0 Å². The van der Waals surface area contributed by atoms with E-state index in [0.29, 0.717) is 19.3 Å². The predicted molar refractivity (Wildman–Crippen MR) is 92.5 cm³/mol. The lowest BCUT2D eigenvalue weighted by Gasteiger charge is -2.69. The standard InChI is InChI=1S/C17H23F6IO3/c1-9(24)11-12(25-2)10-5-3-4-6-14(10)7-8-15(14,26-11)27-13(16(18,19)20)17(21,22)23/h9-13H,3-8H2,1-2H3/t9-,10+,11-,12-,14+,15-/m0/s1. The van der Waals surface area contributed by atoms with Crippen LogP contribution in [0.15, 0.2) is 0 Å². The van der Waals surface area contributed by atoms with Gasteiger partial charge in [0.1, 0.15) is 0 Å². The highest BCUT2D eigenvalue weighted by atomic mass is 127. The second-order valence-corrected chi connectivity index (χ2v) is 9.77. The van der Waals surface area contributed by atoms with Gasteiger partial charge in [-0.3, -0.25) is 0 Å². The van der Waals surface area contributed by atoms with Gasteiger partial charge in [-0.15, -0.1) is 0 Å². The molecule has 3 nitrogen and oxygen atoms in total. The Labute approximate surface area is 167 Å². The van der Waals surface area contributed by atoms with Crippen molar-refractivity contribution in [2.24, 2.45) is 11.3 Å². The Kier molecular flexibility index (Phi) is 5.80. The number of methoxy groups -OCH3 is 1. The van der Waals surface area contributed by atoms with Crippen LogP contribution in [0.25, 0.3) is 0 Å². The lowest BCUT2D eigenvalue weighted by molar-refractivity contribution is -0.470. The van der Waals surface area contributed by atoms with Crippen molar-refractivity contribution in [1.82, 2.24) is 0 Å². The fourth-order valence-electron chi connectivity index (χ4n) is 5.24. The van der Waals surface area contributed by atoms with Crippen LogP contribution in [0.4, 0.5) is 26.3 Å². The van der Waals surface area contributed by atoms with Crippen LogP contribution in [0.1, 0.15) is 45.4 Å². The van der Waals surface area contributed by atoms with Crippen LogP contribution in [-0.4, -0.2) is 47.5 Å². The molecule has 0 aromatic rings. The fraction of sp³-hybridized carbons (Fsp3) is 1.00. The van der Waals surface area contributed by atoms with Gasteiger partial charge in [0, 0.05) is 22.9 Å². The molecule has 0 bridgehead atoms. The highest BCUT2D eigenvalue weighted by Crippen LogP contribution is 2.68. The maximum Gasteiger partial charge on any atom is 0.423 e. The molecule has 0 aromatic carbocycles. The fourth-order valence-corrected chi connectivity index (χ4v) is 5.79. The summed E-state index contributed by atoms with van der Waals surface area (Å²) in [5, 5.41) is 0. The minimum atomic E-state index is -5.55. The Morgan fingerprint density at radius 1 is 1.04 bits per heavy atom. The molecule has 1 saturated heterocycles. The molecule has 10 heteroatoms. The van der Waals surface area contributed by atoms with E-state index >= 15 is 0 Å². The van der Waals surface area contributed by atoms with Gasteiger partial charge in [-0.2, -0.15) is 26.3 Å². The molecule has 3 aliphatic rings. The molecule has 2 saturated carbocycles. The van der Waals surface area contributed by atoms with E-state index in [0.717, 1.165) is 12.8 Å². The first kappa shape index (κ1) is 21.9. The SMILES string of the molecule is CO[C@@H]1[C@H]([C@H](C)I)O[C@]2(OC(C(F)(F)F)C(F)(F)F)CC[C@@]23CCCC[C@H]13. The summed E-state index contributed by atoms with van der Waals surface area (Å²) in [5.74, 6) is -2.05. The van der Waals surface area contributed by atoms with Crippen LogP contribution < -0.4 is 0 Å². The Balaban J connectivity index is 2.01. The molecule has 1 heterocycles. The lowest BCUT2D eigenvalue weighted by Crippen LogP contribution is -2.75. The second kappa shape index (κ2) is 7.16. The zero-order valence-corrected chi connectivity index (χ0v) is 17.2. The number of halogens is 7. The summed E-state index contributed by atoms with van der Waals surface area (Å²) in [7, 11) is 1.52. The number of ether oxygens (including phenoxy) is 3. The normalized spacial score (nSPS) is 40.9. The van der Waals surface area contributed by atoms with Crippen molar-refractivity contribution in [3.8, 4) is 0 Å². The van der Waals surface area contributed by atoms with Gasteiger partial charge in [-0.1, -0.05) is 42.4 Å². The predicted octanol–water partition coefficient (Wildman–Crippen LogP) is 5.40. The summed E-state index contributed by atoms with van der Waals surface area (Å²) in [6.07, 6.45) is -12.7. The number of hydrogen-bond donors (Lipinski definition) is 0. The van der Waals surface area contributed by atoms with Gasteiger partial charge in [-0.05, 0) is 25.2 Å². The Bertz CT molecular complexity index is 540. The van der Waals surface area contributed by atoms with Crippen LogP contribution >= 0.6 is 22.6 Å². The van der Waals surface area contributed by atoms with Crippen molar-refractivity contribution in [3.63, 3.8) is 0 Å². The smallest absolute Gasteiger partial charge is 0.378 e. The van der Waals surface area contributed by atoms with Crippen LogP contribution in [-0.2, 0) is 14.2 Å². The van der Waals surface area contributed by atoms with E-state index in [4.69, 9.17) is 14.2 Å². The molecule has 158 valence electrons. The molecule has 0 unspecified atom stereocenters. The minimum absolute atomic E-state index is 0.0302. The maximum absolute atomic E-state index is 13.2. The lowest BCUT2D eigenvalue weighted by atomic mass is 9.48. The number of rotatable bonds is 4. The van der Waals surface area contributed by atoms with E-state index in [1.807, 2.05) is 6.92 Å². The molecule has 2 aliphatic carbocycles. The average Bonchev–Trinajstić information content (AvgIpc) is 2.53. The monoisotopic (exact) mass is 516 g/mol. The summed E-state index contributed by atoms with van der Waals surface area (Å²) >= 11 is 2.07. The molecule has 3 fully saturated rings. The first-order chi connectivity index (χ1) is 12.4. The zero-order chi connectivity index (χ0) is 20.3. The molecule has 3 rings (SSSR count). The van der Waals surface area contributed by atoms with E-state index in [-0.39, 0.29) is 22.4 Å². The van der Waals surface area contributed by atoms with Gasteiger partial charge in [-0.25, -0.2) is 0 Å². The highest BCUT2D eigenvalue weighted by molar-refractivity contribution is 14.1. The Hall–Kier alpha value is 0.190.